The first-order valence-corrected chi connectivity index (χ1v) is 6.98. The van der Waals surface area contributed by atoms with Gasteiger partial charge in [-0.25, -0.2) is 0 Å². The lowest BCUT2D eigenvalue weighted by Crippen LogP contribution is -2.17. The van der Waals surface area contributed by atoms with Crippen LogP contribution in [-0.2, 0) is 13.1 Å². The van der Waals surface area contributed by atoms with E-state index in [1.807, 2.05) is 18.0 Å². The fraction of sp³-hybridized carbons (Fsp3) is 0.727. The fourth-order valence-corrected chi connectivity index (χ4v) is 1.88. The molecule has 0 radical (unpaired) electrons. The van der Waals surface area contributed by atoms with Crippen LogP contribution in [0.1, 0.15) is 25.5 Å². The highest BCUT2D eigenvalue weighted by Crippen LogP contribution is 2.02. The molecule has 86 valence electrons. The van der Waals surface area contributed by atoms with Gasteiger partial charge in [-0.05, 0) is 37.5 Å². The molecule has 0 atom stereocenters. The van der Waals surface area contributed by atoms with E-state index >= 15 is 0 Å². The second kappa shape index (κ2) is 7.77. The van der Waals surface area contributed by atoms with Gasteiger partial charge in [0, 0.05) is 19.3 Å². The van der Waals surface area contributed by atoms with Crippen LogP contribution in [0, 0.1) is 0 Å². The molecule has 0 spiro atoms. The Morgan fingerprint density at radius 2 is 2.40 bits per heavy atom. The molecule has 0 bridgehead atoms. The number of hydrogen-bond acceptors (Lipinski definition) is 3. The molecule has 0 saturated carbocycles. The van der Waals surface area contributed by atoms with Crippen LogP contribution in [0.5, 0.6) is 0 Å². The molecule has 0 unspecified atom stereocenters. The molecule has 1 aromatic heterocycles. The molecule has 1 heterocycles. The number of hydrogen-bond donors (Lipinski definition) is 1. The third-order valence-corrected chi connectivity index (χ3v) is 2.95. The van der Waals surface area contributed by atoms with Crippen molar-refractivity contribution in [1.82, 2.24) is 15.1 Å². The van der Waals surface area contributed by atoms with E-state index in [4.69, 9.17) is 0 Å². The predicted molar refractivity (Wildman–Crippen MR) is 67.2 cm³/mol. The quantitative estimate of drug-likeness (QED) is 0.690. The van der Waals surface area contributed by atoms with Gasteiger partial charge in [-0.1, -0.05) is 6.92 Å². The molecule has 0 fully saturated rings. The highest BCUT2D eigenvalue weighted by Gasteiger charge is 2.00. The molecule has 0 aromatic carbocycles. The lowest BCUT2D eigenvalue weighted by atomic mass is 10.4. The topological polar surface area (TPSA) is 29.9 Å². The molecule has 4 heteroatoms. The zero-order valence-electron chi connectivity index (χ0n) is 9.70. The van der Waals surface area contributed by atoms with Crippen molar-refractivity contribution in [3.8, 4) is 0 Å². The van der Waals surface area contributed by atoms with Crippen LogP contribution in [0.3, 0.4) is 0 Å². The van der Waals surface area contributed by atoms with E-state index in [9.17, 15) is 0 Å². The maximum Gasteiger partial charge on any atom is 0.0522 e. The molecule has 15 heavy (non-hydrogen) atoms. The maximum atomic E-state index is 4.33. The van der Waals surface area contributed by atoms with Crippen LogP contribution in [-0.4, -0.2) is 28.3 Å². The van der Waals surface area contributed by atoms with Gasteiger partial charge < -0.3 is 5.32 Å². The van der Waals surface area contributed by atoms with Crippen LogP contribution >= 0.6 is 11.8 Å². The summed E-state index contributed by atoms with van der Waals surface area (Å²) in [5.74, 6) is 1.21. The first-order valence-electron chi connectivity index (χ1n) is 5.58. The van der Waals surface area contributed by atoms with E-state index in [1.165, 1.54) is 24.3 Å². The summed E-state index contributed by atoms with van der Waals surface area (Å²) in [5.41, 5.74) is 1.30. The van der Waals surface area contributed by atoms with Gasteiger partial charge in [0.2, 0.25) is 0 Å². The minimum Gasteiger partial charge on any atom is -0.311 e. The Kier molecular flexibility index (Phi) is 6.52. The number of nitrogens with zero attached hydrogens (tertiary/aromatic N) is 2. The normalized spacial score (nSPS) is 10.8. The molecule has 1 rings (SSSR count). The van der Waals surface area contributed by atoms with E-state index in [-0.39, 0.29) is 0 Å². The summed E-state index contributed by atoms with van der Waals surface area (Å²) in [6.07, 6.45) is 6.42. The second-order valence-electron chi connectivity index (χ2n) is 3.57. The van der Waals surface area contributed by atoms with Crippen LogP contribution in [0.4, 0.5) is 0 Å². The lowest BCUT2D eigenvalue weighted by molar-refractivity contribution is 0.551. The van der Waals surface area contributed by atoms with Crippen molar-refractivity contribution >= 4 is 11.8 Å². The molecular formula is C11H21N3S. The molecule has 0 aliphatic heterocycles. The molecule has 0 aliphatic carbocycles. The Balaban J connectivity index is 2.32. The van der Waals surface area contributed by atoms with Gasteiger partial charge in [0.25, 0.3) is 0 Å². The summed E-state index contributed by atoms with van der Waals surface area (Å²) in [5, 5.41) is 7.74. The lowest BCUT2D eigenvalue weighted by Gasteiger charge is -2.07. The van der Waals surface area contributed by atoms with E-state index in [0.717, 1.165) is 19.6 Å². The monoisotopic (exact) mass is 227 g/mol. The fourth-order valence-electron chi connectivity index (χ4n) is 1.46. The van der Waals surface area contributed by atoms with Crippen molar-refractivity contribution in [2.45, 2.75) is 32.9 Å². The van der Waals surface area contributed by atoms with E-state index in [0.29, 0.717) is 0 Å². The van der Waals surface area contributed by atoms with Gasteiger partial charge in [0.05, 0.1) is 5.69 Å². The predicted octanol–water partition coefficient (Wildman–Crippen LogP) is 2.14. The largest absolute Gasteiger partial charge is 0.311 e. The van der Waals surface area contributed by atoms with Crippen molar-refractivity contribution in [1.29, 1.82) is 0 Å². The van der Waals surface area contributed by atoms with E-state index in [2.05, 4.69) is 34.3 Å². The van der Waals surface area contributed by atoms with Crippen molar-refractivity contribution in [3.63, 3.8) is 0 Å². The SMILES string of the molecule is CCCNCc1ccnn1CCCSC. The molecule has 0 amide bonds. The second-order valence-corrected chi connectivity index (χ2v) is 4.55. The average molecular weight is 227 g/mol. The Morgan fingerprint density at radius 1 is 1.53 bits per heavy atom. The summed E-state index contributed by atoms with van der Waals surface area (Å²) < 4.78 is 2.11. The summed E-state index contributed by atoms with van der Waals surface area (Å²) in [6.45, 7) is 5.24. The van der Waals surface area contributed by atoms with Gasteiger partial charge in [0.15, 0.2) is 0 Å². The Morgan fingerprint density at radius 3 is 3.13 bits per heavy atom. The van der Waals surface area contributed by atoms with Crippen LogP contribution in [0.15, 0.2) is 12.3 Å². The van der Waals surface area contributed by atoms with Crippen molar-refractivity contribution in [2.24, 2.45) is 0 Å². The number of aryl methyl sites for hydroxylation is 1. The first-order chi connectivity index (χ1) is 7.38. The highest BCUT2D eigenvalue weighted by molar-refractivity contribution is 7.98. The summed E-state index contributed by atoms with van der Waals surface area (Å²) in [6, 6.07) is 2.10. The standard InChI is InChI=1S/C11H21N3S/c1-3-6-12-10-11-5-7-13-14(11)8-4-9-15-2/h5,7,12H,3-4,6,8-10H2,1-2H3. The Hall–Kier alpha value is -0.480. The van der Waals surface area contributed by atoms with E-state index < -0.39 is 0 Å². The molecule has 1 N–H and O–H groups in total. The summed E-state index contributed by atoms with van der Waals surface area (Å²) in [4.78, 5) is 0. The smallest absolute Gasteiger partial charge is 0.0522 e. The van der Waals surface area contributed by atoms with Crippen LogP contribution in [0.2, 0.25) is 0 Å². The van der Waals surface area contributed by atoms with Gasteiger partial charge in [-0.15, -0.1) is 0 Å². The Bertz CT molecular complexity index is 236. The highest BCUT2D eigenvalue weighted by atomic mass is 32.2. The minimum atomic E-state index is 0.938. The summed E-state index contributed by atoms with van der Waals surface area (Å²) >= 11 is 1.89. The molecule has 0 aliphatic rings. The number of nitrogens with one attached hydrogen (secondary N) is 1. The van der Waals surface area contributed by atoms with Crippen LogP contribution in [0.25, 0.3) is 0 Å². The zero-order valence-corrected chi connectivity index (χ0v) is 10.5. The van der Waals surface area contributed by atoms with Gasteiger partial charge in [-0.2, -0.15) is 16.9 Å². The molecule has 3 nitrogen and oxygen atoms in total. The average Bonchev–Trinajstić information content (AvgIpc) is 2.67. The van der Waals surface area contributed by atoms with Gasteiger partial charge in [0.1, 0.15) is 0 Å². The third-order valence-electron chi connectivity index (χ3n) is 2.26. The van der Waals surface area contributed by atoms with Crippen LogP contribution < -0.4 is 5.32 Å². The van der Waals surface area contributed by atoms with Crippen molar-refractivity contribution in [3.05, 3.63) is 18.0 Å². The zero-order chi connectivity index (χ0) is 10.9. The number of rotatable bonds is 8. The Labute approximate surface area is 96.6 Å². The van der Waals surface area contributed by atoms with Gasteiger partial charge >= 0.3 is 0 Å². The number of thioether (sulfide) groups is 1. The van der Waals surface area contributed by atoms with Crippen molar-refractivity contribution < 1.29 is 0 Å². The number of aromatic nitrogens is 2. The van der Waals surface area contributed by atoms with Crippen molar-refractivity contribution in [2.75, 3.05) is 18.6 Å². The maximum absolute atomic E-state index is 4.33. The molecular weight excluding hydrogens is 206 g/mol. The van der Waals surface area contributed by atoms with Gasteiger partial charge in [-0.3, -0.25) is 4.68 Å². The third kappa shape index (κ3) is 4.71. The minimum absolute atomic E-state index is 0.938. The first kappa shape index (κ1) is 12.6. The molecule has 1 aromatic rings. The molecule has 0 saturated heterocycles. The summed E-state index contributed by atoms with van der Waals surface area (Å²) in [7, 11) is 0. The van der Waals surface area contributed by atoms with E-state index in [1.54, 1.807) is 0 Å².